The van der Waals surface area contributed by atoms with E-state index < -0.39 is 0 Å². The van der Waals surface area contributed by atoms with Crippen molar-refractivity contribution in [3.8, 4) is 11.5 Å². The molecule has 1 aliphatic heterocycles. The molecule has 8 nitrogen and oxygen atoms in total. The molecule has 30 heavy (non-hydrogen) atoms. The van der Waals surface area contributed by atoms with Crippen LogP contribution in [0.4, 0.5) is 0 Å². The SMILES string of the molecule is CC(C)(C)n1nc2c(c1-n1cccc1)CN(C(=O)c1cnn(-c3ccccc3)n1)C2. The van der Waals surface area contributed by atoms with E-state index in [1.54, 1.807) is 4.90 Å². The van der Waals surface area contributed by atoms with E-state index in [4.69, 9.17) is 5.10 Å². The fourth-order valence-electron chi connectivity index (χ4n) is 3.76. The summed E-state index contributed by atoms with van der Waals surface area (Å²) in [5, 5.41) is 13.5. The van der Waals surface area contributed by atoms with Crippen LogP contribution in [-0.4, -0.2) is 40.1 Å². The van der Waals surface area contributed by atoms with Crippen molar-refractivity contribution >= 4 is 5.91 Å². The molecule has 1 aliphatic rings. The molecule has 0 atom stereocenters. The van der Waals surface area contributed by atoms with E-state index in [0.29, 0.717) is 18.8 Å². The fourth-order valence-corrected chi connectivity index (χ4v) is 3.76. The first-order valence-electron chi connectivity index (χ1n) is 9.93. The lowest BCUT2D eigenvalue weighted by atomic mass is 10.1. The minimum absolute atomic E-state index is 0.143. The predicted octanol–water partition coefficient (Wildman–Crippen LogP) is 3.17. The number of amides is 1. The molecule has 4 heterocycles. The van der Waals surface area contributed by atoms with Gasteiger partial charge in [0, 0.05) is 18.0 Å². The van der Waals surface area contributed by atoms with Gasteiger partial charge in [-0.05, 0) is 45.0 Å². The number of hydrogen-bond donors (Lipinski definition) is 0. The monoisotopic (exact) mass is 401 g/mol. The molecular weight excluding hydrogens is 378 g/mol. The Hall–Kier alpha value is -3.68. The van der Waals surface area contributed by atoms with Gasteiger partial charge in [0.2, 0.25) is 0 Å². The summed E-state index contributed by atoms with van der Waals surface area (Å²) < 4.78 is 4.11. The molecule has 0 radical (unpaired) electrons. The number of carbonyl (C=O) groups is 1. The molecule has 0 spiro atoms. The van der Waals surface area contributed by atoms with E-state index in [9.17, 15) is 4.79 Å². The van der Waals surface area contributed by atoms with Gasteiger partial charge >= 0.3 is 0 Å². The molecule has 0 N–H and O–H groups in total. The quantitative estimate of drug-likeness (QED) is 0.529. The standard InChI is InChI=1S/C22H23N7O/c1-22(2,3)28-20(26-11-7-8-12-26)17-14-27(15-19(17)24-28)21(30)18-13-23-29(25-18)16-9-5-4-6-10-16/h4-13H,14-15H2,1-3H3. The number of hydrogen-bond acceptors (Lipinski definition) is 4. The van der Waals surface area contributed by atoms with Crippen LogP contribution in [-0.2, 0) is 18.6 Å². The summed E-state index contributed by atoms with van der Waals surface area (Å²) in [5.74, 6) is 0.863. The van der Waals surface area contributed by atoms with E-state index >= 15 is 0 Å². The van der Waals surface area contributed by atoms with Gasteiger partial charge < -0.3 is 9.47 Å². The normalized spacial score (nSPS) is 13.6. The Bertz CT molecular complexity index is 1200. The van der Waals surface area contributed by atoms with Crippen LogP contribution >= 0.6 is 0 Å². The lowest BCUT2D eigenvalue weighted by Gasteiger charge is -2.24. The first-order chi connectivity index (χ1) is 14.4. The topological polar surface area (TPSA) is 73.8 Å². The first kappa shape index (κ1) is 18.4. The molecule has 152 valence electrons. The summed E-state index contributed by atoms with van der Waals surface area (Å²) in [5.41, 5.74) is 2.98. The zero-order valence-corrected chi connectivity index (χ0v) is 17.2. The predicted molar refractivity (Wildman–Crippen MR) is 111 cm³/mol. The zero-order valence-electron chi connectivity index (χ0n) is 17.2. The molecule has 1 amide bonds. The smallest absolute Gasteiger partial charge is 0.276 e. The van der Waals surface area contributed by atoms with Crippen LogP contribution in [0.3, 0.4) is 0 Å². The minimum Gasteiger partial charge on any atom is -0.327 e. The Morgan fingerprint density at radius 2 is 1.70 bits per heavy atom. The summed E-state index contributed by atoms with van der Waals surface area (Å²) in [6.07, 6.45) is 5.54. The van der Waals surface area contributed by atoms with Crippen LogP contribution in [0.2, 0.25) is 0 Å². The van der Waals surface area contributed by atoms with Crippen molar-refractivity contribution in [2.24, 2.45) is 0 Å². The van der Waals surface area contributed by atoms with Crippen molar-refractivity contribution in [2.75, 3.05) is 0 Å². The van der Waals surface area contributed by atoms with Gasteiger partial charge in [-0.2, -0.15) is 15.0 Å². The van der Waals surface area contributed by atoms with Gasteiger partial charge in [0.15, 0.2) is 5.69 Å². The lowest BCUT2D eigenvalue weighted by Crippen LogP contribution is -2.30. The molecule has 0 saturated carbocycles. The molecule has 0 aliphatic carbocycles. The summed E-state index contributed by atoms with van der Waals surface area (Å²) >= 11 is 0. The van der Waals surface area contributed by atoms with Crippen molar-refractivity contribution in [2.45, 2.75) is 39.4 Å². The van der Waals surface area contributed by atoms with Crippen molar-refractivity contribution in [1.82, 2.24) is 34.2 Å². The first-order valence-corrected chi connectivity index (χ1v) is 9.93. The molecule has 8 heteroatoms. The van der Waals surface area contributed by atoms with Crippen LogP contribution in [0.15, 0.2) is 61.1 Å². The molecular formula is C22H23N7O. The fraction of sp³-hybridized carbons (Fsp3) is 0.273. The molecule has 5 rings (SSSR count). The lowest BCUT2D eigenvalue weighted by molar-refractivity contribution is 0.0742. The summed E-state index contributed by atoms with van der Waals surface area (Å²) in [7, 11) is 0. The van der Waals surface area contributed by atoms with Crippen LogP contribution in [0.25, 0.3) is 11.5 Å². The second-order valence-electron chi connectivity index (χ2n) is 8.44. The second kappa shape index (κ2) is 6.69. The highest BCUT2D eigenvalue weighted by molar-refractivity contribution is 5.92. The zero-order chi connectivity index (χ0) is 20.9. The number of benzene rings is 1. The maximum absolute atomic E-state index is 13.1. The van der Waals surface area contributed by atoms with Gasteiger partial charge in [0.25, 0.3) is 5.91 Å². The highest BCUT2D eigenvalue weighted by Crippen LogP contribution is 2.32. The molecule has 3 aromatic heterocycles. The Balaban J connectivity index is 1.44. The van der Waals surface area contributed by atoms with E-state index in [-0.39, 0.29) is 11.4 Å². The van der Waals surface area contributed by atoms with Gasteiger partial charge in [0.05, 0.1) is 36.2 Å². The van der Waals surface area contributed by atoms with Gasteiger partial charge in [-0.1, -0.05) is 18.2 Å². The Morgan fingerprint density at radius 1 is 0.967 bits per heavy atom. The summed E-state index contributed by atoms with van der Waals surface area (Å²) in [6.45, 7) is 7.35. The average molecular weight is 401 g/mol. The second-order valence-corrected chi connectivity index (χ2v) is 8.44. The van der Waals surface area contributed by atoms with E-state index in [2.05, 4.69) is 35.5 Å². The van der Waals surface area contributed by atoms with Crippen molar-refractivity contribution < 1.29 is 4.79 Å². The third kappa shape index (κ3) is 3.01. The van der Waals surface area contributed by atoms with Gasteiger partial charge in [-0.15, -0.1) is 5.10 Å². The Kier molecular flexibility index (Phi) is 4.09. The van der Waals surface area contributed by atoms with E-state index in [1.165, 1.54) is 11.0 Å². The van der Waals surface area contributed by atoms with Crippen LogP contribution < -0.4 is 0 Å². The van der Waals surface area contributed by atoms with Crippen LogP contribution in [0.1, 0.15) is 42.5 Å². The molecule has 1 aromatic carbocycles. The number of fused-ring (bicyclic) bond motifs is 1. The van der Waals surface area contributed by atoms with Gasteiger partial charge in [-0.25, -0.2) is 4.68 Å². The minimum atomic E-state index is -0.169. The molecule has 0 fully saturated rings. The van der Waals surface area contributed by atoms with Crippen LogP contribution in [0.5, 0.6) is 0 Å². The molecule has 0 bridgehead atoms. The van der Waals surface area contributed by atoms with E-state index in [1.807, 2.05) is 59.5 Å². The molecule has 0 unspecified atom stereocenters. The number of aromatic nitrogens is 6. The summed E-state index contributed by atoms with van der Waals surface area (Å²) in [4.78, 5) is 16.4. The maximum Gasteiger partial charge on any atom is 0.276 e. The number of nitrogens with zero attached hydrogens (tertiary/aromatic N) is 7. The van der Waals surface area contributed by atoms with Crippen molar-refractivity contribution in [3.63, 3.8) is 0 Å². The maximum atomic E-state index is 13.1. The third-order valence-electron chi connectivity index (χ3n) is 5.20. The summed E-state index contributed by atoms with van der Waals surface area (Å²) in [6, 6.07) is 13.5. The molecule has 4 aromatic rings. The van der Waals surface area contributed by atoms with Gasteiger partial charge in [-0.3, -0.25) is 4.79 Å². The highest BCUT2D eigenvalue weighted by atomic mass is 16.2. The number of rotatable bonds is 3. The largest absolute Gasteiger partial charge is 0.327 e. The number of carbonyl (C=O) groups excluding carboxylic acids is 1. The van der Waals surface area contributed by atoms with Crippen LogP contribution in [0, 0.1) is 0 Å². The van der Waals surface area contributed by atoms with E-state index in [0.717, 1.165) is 22.8 Å². The average Bonchev–Trinajstić information content (AvgIpc) is 3.50. The highest BCUT2D eigenvalue weighted by Gasteiger charge is 2.34. The third-order valence-corrected chi connectivity index (χ3v) is 5.20. The van der Waals surface area contributed by atoms with Crippen molar-refractivity contribution in [3.05, 3.63) is 78.0 Å². The molecule has 0 saturated heterocycles. The Morgan fingerprint density at radius 3 is 2.40 bits per heavy atom. The Labute approximate surface area is 174 Å². The van der Waals surface area contributed by atoms with Gasteiger partial charge in [0.1, 0.15) is 5.82 Å². The van der Waals surface area contributed by atoms with Crippen molar-refractivity contribution in [1.29, 1.82) is 0 Å². The number of para-hydroxylation sites is 1.